The Labute approximate surface area is 277 Å². The van der Waals surface area contributed by atoms with E-state index >= 15 is 0 Å². The second-order valence-electron chi connectivity index (χ2n) is 13.2. The Morgan fingerprint density at radius 3 is 2.43 bits per heavy atom. The number of hydrogen-bond donors (Lipinski definition) is 1. The zero-order chi connectivity index (χ0) is 33.2. The molecule has 0 saturated carbocycles. The standard InChI is InChI=1S/C35H42N6O4SSi/c1-35(2,3)47(4,5)45-21-18-37-46(42,43)30-16-11-27(12-17-30)32-24-36-33(40-19-22-44-23-20-40)34-39-29(25-41(32)34)15-14-28-13-10-26-8-6-7-9-31(26)38-28/h6-17,24-25,37H,18-23H2,1-5H3. The molecule has 0 amide bonds. The number of rotatable bonds is 10. The van der Waals surface area contributed by atoms with Gasteiger partial charge in [0.1, 0.15) is 0 Å². The van der Waals surface area contributed by atoms with Crippen molar-refractivity contribution in [2.24, 2.45) is 0 Å². The van der Waals surface area contributed by atoms with Crippen molar-refractivity contribution < 1.29 is 17.6 Å². The van der Waals surface area contributed by atoms with Crippen LogP contribution in [0.2, 0.25) is 18.1 Å². The first-order valence-corrected chi connectivity index (χ1v) is 20.3. The number of anilines is 1. The van der Waals surface area contributed by atoms with Gasteiger partial charge in [-0.15, -0.1) is 0 Å². The molecule has 0 spiro atoms. The third-order valence-corrected chi connectivity index (χ3v) is 15.0. The fourth-order valence-corrected chi connectivity index (χ4v) is 7.26. The van der Waals surface area contributed by atoms with Crippen LogP contribution in [-0.2, 0) is 19.2 Å². The van der Waals surface area contributed by atoms with Crippen LogP contribution >= 0.6 is 0 Å². The number of para-hydroxylation sites is 1. The number of pyridine rings is 1. The zero-order valence-electron chi connectivity index (χ0n) is 27.6. The van der Waals surface area contributed by atoms with Crippen LogP contribution in [0.5, 0.6) is 0 Å². The smallest absolute Gasteiger partial charge is 0.240 e. The van der Waals surface area contributed by atoms with Crippen molar-refractivity contribution in [3.8, 4) is 11.3 Å². The Kier molecular flexibility index (Phi) is 9.32. The second-order valence-corrected chi connectivity index (χ2v) is 19.8. The molecule has 12 heteroatoms. The molecule has 6 rings (SSSR count). The molecule has 2 aromatic carbocycles. The van der Waals surface area contributed by atoms with Crippen molar-refractivity contribution in [1.82, 2.24) is 24.1 Å². The SMILES string of the molecule is CC(C)(C)[Si](C)(C)OCCNS(=O)(=O)c1ccc(-c2cnc(N3CCOCC3)c3nc(C=Cc4ccc5ccccc5n4)cn23)cc1. The van der Waals surface area contributed by atoms with Crippen LogP contribution in [0.15, 0.2) is 78.0 Å². The van der Waals surface area contributed by atoms with E-state index < -0.39 is 18.3 Å². The lowest BCUT2D eigenvalue weighted by Gasteiger charge is -2.36. The van der Waals surface area contributed by atoms with E-state index in [1.807, 2.05) is 59.3 Å². The molecule has 0 bridgehead atoms. The zero-order valence-corrected chi connectivity index (χ0v) is 29.4. The van der Waals surface area contributed by atoms with E-state index in [2.05, 4.69) is 49.6 Å². The van der Waals surface area contributed by atoms with Gasteiger partial charge in [-0.1, -0.05) is 57.2 Å². The third kappa shape index (κ3) is 7.31. The molecular formula is C35H42N6O4SSi. The number of aromatic nitrogens is 4. The molecule has 246 valence electrons. The summed E-state index contributed by atoms with van der Waals surface area (Å²) in [4.78, 5) is 16.9. The number of morpholine rings is 1. The van der Waals surface area contributed by atoms with Crippen LogP contribution in [0.25, 0.3) is 40.0 Å². The van der Waals surface area contributed by atoms with Gasteiger partial charge >= 0.3 is 0 Å². The van der Waals surface area contributed by atoms with Crippen molar-refractivity contribution >= 4 is 52.9 Å². The van der Waals surface area contributed by atoms with Crippen LogP contribution in [0.1, 0.15) is 32.2 Å². The molecule has 1 aliphatic rings. The highest BCUT2D eigenvalue weighted by Gasteiger charge is 2.37. The molecule has 0 radical (unpaired) electrons. The van der Waals surface area contributed by atoms with E-state index in [1.165, 1.54) is 0 Å². The van der Waals surface area contributed by atoms with Gasteiger partial charge in [-0.2, -0.15) is 0 Å². The van der Waals surface area contributed by atoms with Crippen LogP contribution in [0.3, 0.4) is 0 Å². The molecule has 3 aromatic heterocycles. The van der Waals surface area contributed by atoms with Crippen molar-refractivity contribution in [2.45, 2.75) is 43.8 Å². The summed E-state index contributed by atoms with van der Waals surface area (Å²) in [6, 6.07) is 18.9. The molecule has 4 heterocycles. The van der Waals surface area contributed by atoms with Gasteiger partial charge in [0.05, 0.1) is 46.9 Å². The first-order chi connectivity index (χ1) is 22.4. The predicted octanol–water partition coefficient (Wildman–Crippen LogP) is 6.25. The summed E-state index contributed by atoms with van der Waals surface area (Å²) in [7, 11) is -5.66. The molecular weight excluding hydrogens is 629 g/mol. The summed E-state index contributed by atoms with van der Waals surface area (Å²) in [6.45, 7) is 14.0. The minimum Gasteiger partial charge on any atom is -0.415 e. The van der Waals surface area contributed by atoms with Gasteiger partial charge in [0.2, 0.25) is 10.0 Å². The summed E-state index contributed by atoms with van der Waals surface area (Å²) in [5.41, 5.74) is 4.87. The van der Waals surface area contributed by atoms with E-state index in [0.29, 0.717) is 19.8 Å². The summed E-state index contributed by atoms with van der Waals surface area (Å²) in [6.07, 6.45) is 7.70. The molecule has 0 aliphatic carbocycles. The number of hydrogen-bond acceptors (Lipinski definition) is 8. The highest BCUT2D eigenvalue weighted by Crippen LogP contribution is 2.36. The Bertz CT molecular complexity index is 2010. The lowest BCUT2D eigenvalue weighted by atomic mass is 10.1. The topological polar surface area (TPSA) is 111 Å². The highest BCUT2D eigenvalue weighted by molar-refractivity contribution is 7.89. The van der Waals surface area contributed by atoms with Gasteiger partial charge < -0.3 is 14.1 Å². The summed E-state index contributed by atoms with van der Waals surface area (Å²) in [5, 5.41) is 1.15. The molecule has 47 heavy (non-hydrogen) atoms. The molecule has 1 fully saturated rings. The maximum absolute atomic E-state index is 13.1. The summed E-state index contributed by atoms with van der Waals surface area (Å²) >= 11 is 0. The number of imidazole rings is 1. The van der Waals surface area contributed by atoms with Crippen molar-refractivity contribution in [3.05, 3.63) is 84.4 Å². The van der Waals surface area contributed by atoms with E-state index in [0.717, 1.165) is 58.1 Å². The van der Waals surface area contributed by atoms with E-state index in [4.69, 9.17) is 24.1 Å². The molecule has 10 nitrogen and oxygen atoms in total. The number of sulfonamides is 1. The van der Waals surface area contributed by atoms with Crippen molar-refractivity contribution in [2.75, 3.05) is 44.4 Å². The monoisotopic (exact) mass is 670 g/mol. The lowest BCUT2D eigenvalue weighted by molar-refractivity contribution is 0.122. The van der Waals surface area contributed by atoms with Gasteiger partial charge in [0.25, 0.3) is 0 Å². The molecule has 5 aromatic rings. The summed E-state index contributed by atoms with van der Waals surface area (Å²) < 4.78 is 42.6. The quantitative estimate of drug-likeness (QED) is 0.137. The molecule has 1 saturated heterocycles. The second kappa shape index (κ2) is 13.3. The van der Waals surface area contributed by atoms with Crippen LogP contribution in [-0.4, -0.2) is 75.5 Å². The molecule has 0 atom stereocenters. The van der Waals surface area contributed by atoms with Gasteiger partial charge in [-0.05, 0) is 54.5 Å². The average molecular weight is 671 g/mol. The van der Waals surface area contributed by atoms with Gasteiger partial charge in [-0.3, -0.25) is 4.40 Å². The minimum atomic E-state index is -3.70. The van der Waals surface area contributed by atoms with E-state index in [1.54, 1.807) is 24.3 Å². The Hall–Kier alpha value is -3.94. The van der Waals surface area contributed by atoms with Crippen molar-refractivity contribution in [3.63, 3.8) is 0 Å². The summed E-state index contributed by atoms with van der Waals surface area (Å²) in [5.74, 6) is 0.781. The fourth-order valence-electron chi connectivity index (χ4n) is 5.21. The minimum absolute atomic E-state index is 0.0586. The number of ether oxygens (including phenoxy) is 1. The number of nitrogens with one attached hydrogen (secondary N) is 1. The number of benzene rings is 2. The maximum Gasteiger partial charge on any atom is 0.240 e. The number of fused-ring (bicyclic) bond motifs is 2. The first-order valence-electron chi connectivity index (χ1n) is 15.9. The Morgan fingerprint density at radius 2 is 1.68 bits per heavy atom. The van der Waals surface area contributed by atoms with Gasteiger partial charge in [0.15, 0.2) is 19.8 Å². The number of nitrogens with zero attached hydrogens (tertiary/aromatic N) is 5. The molecule has 0 unspecified atom stereocenters. The predicted molar refractivity (Wildman–Crippen MR) is 190 cm³/mol. The third-order valence-electron chi connectivity index (χ3n) is 8.97. The van der Waals surface area contributed by atoms with Gasteiger partial charge in [0, 0.05) is 43.4 Å². The lowest BCUT2D eigenvalue weighted by Crippen LogP contribution is -2.42. The van der Waals surface area contributed by atoms with Crippen LogP contribution in [0.4, 0.5) is 5.82 Å². The maximum atomic E-state index is 13.1. The Balaban J connectivity index is 1.26. The van der Waals surface area contributed by atoms with Crippen LogP contribution in [0, 0.1) is 0 Å². The molecule has 1 aliphatic heterocycles. The Morgan fingerprint density at radius 1 is 0.957 bits per heavy atom. The fraction of sp³-hybridized carbons (Fsp3) is 0.343. The van der Waals surface area contributed by atoms with Gasteiger partial charge in [-0.25, -0.2) is 28.1 Å². The first kappa shape index (κ1) is 33.0. The molecule has 1 N–H and O–H groups in total. The van der Waals surface area contributed by atoms with E-state index in [9.17, 15) is 8.42 Å². The highest BCUT2D eigenvalue weighted by atomic mass is 32.2. The van der Waals surface area contributed by atoms with Crippen molar-refractivity contribution in [1.29, 1.82) is 0 Å². The largest absolute Gasteiger partial charge is 0.415 e. The average Bonchev–Trinajstić information content (AvgIpc) is 3.49. The normalized spacial score (nSPS) is 14.9. The van der Waals surface area contributed by atoms with E-state index in [-0.39, 0.29) is 16.5 Å². The van der Waals surface area contributed by atoms with Crippen LogP contribution < -0.4 is 9.62 Å².